The molecule has 1 aromatic heterocycles. The van der Waals surface area contributed by atoms with Crippen LogP contribution in [0.4, 0.5) is 17.5 Å². The van der Waals surface area contributed by atoms with Crippen molar-refractivity contribution in [3.63, 3.8) is 0 Å². The molecule has 2 heterocycles. The third-order valence-corrected chi connectivity index (χ3v) is 3.56. The van der Waals surface area contributed by atoms with Crippen molar-refractivity contribution in [3.05, 3.63) is 45.7 Å². The number of H-pyrrole nitrogens is 1. The lowest BCUT2D eigenvalue weighted by atomic mass is 9.94. The van der Waals surface area contributed by atoms with Gasteiger partial charge in [0.05, 0.1) is 11.5 Å². The van der Waals surface area contributed by atoms with Crippen molar-refractivity contribution in [2.45, 2.75) is 19.3 Å². The number of aryl methyl sites for hydroxylation is 1. The molecular weight excluding hydrogens is 300 g/mol. The van der Waals surface area contributed by atoms with E-state index in [0.29, 0.717) is 5.69 Å². The first-order chi connectivity index (χ1) is 10.9. The van der Waals surface area contributed by atoms with Crippen molar-refractivity contribution in [3.8, 4) is 0 Å². The number of amides is 1. The Balaban J connectivity index is 1.99. The van der Waals surface area contributed by atoms with E-state index in [4.69, 9.17) is 0 Å². The van der Waals surface area contributed by atoms with Gasteiger partial charge in [0, 0.05) is 12.1 Å². The van der Waals surface area contributed by atoms with Gasteiger partial charge in [0.1, 0.15) is 5.82 Å². The maximum Gasteiger partial charge on any atom is 0.311 e. The van der Waals surface area contributed by atoms with Gasteiger partial charge in [-0.1, -0.05) is 17.7 Å². The van der Waals surface area contributed by atoms with Crippen molar-refractivity contribution in [2.24, 2.45) is 0 Å². The number of aliphatic carboxylic acids is 1. The van der Waals surface area contributed by atoms with E-state index in [9.17, 15) is 19.5 Å². The minimum Gasteiger partial charge on any atom is -0.481 e. The summed E-state index contributed by atoms with van der Waals surface area (Å²) in [5, 5.41) is 14.5. The van der Waals surface area contributed by atoms with Crippen LogP contribution in [0.15, 0.2) is 29.1 Å². The van der Waals surface area contributed by atoms with Gasteiger partial charge in [-0.2, -0.15) is 4.98 Å². The number of hydrogen-bond acceptors (Lipinski definition) is 5. The molecule has 23 heavy (non-hydrogen) atoms. The highest BCUT2D eigenvalue weighted by molar-refractivity contribution is 5.98. The molecule has 0 spiro atoms. The number of carbonyl (C=O) groups is 2. The fourth-order valence-electron chi connectivity index (χ4n) is 2.42. The Kier molecular flexibility index (Phi) is 3.57. The molecule has 2 aromatic rings. The van der Waals surface area contributed by atoms with E-state index in [1.54, 1.807) is 0 Å². The summed E-state index contributed by atoms with van der Waals surface area (Å²) >= 11 is 0. The molecule has 8 heteroatoms. The van der Waals surface area contributed by atoms with E-state index in [1.165, 1.54) is 0 Å². The zero-order chi connectivity index (χ0) is 16.6. The molecule has 3 rings (SSSR count). The van der Waals surface area contributed by atoms with Crippen LogP contribution in [0.1, 0.15) is 23.5 Å². The van der Waals surface area contributed by atoms with Crippen LogP contribution in [0.5, 0.6) is 0 Å². The average Bonchev–Trinajstić information content (AvgIpc) is 2.48. The van der Waals surface area contributed by atoms with Gasteiger partial charge in [0.15, 0.2) is 0 Å². The molecule has 0 bridgehead atoms. The van der Waals surface area contributed by atoms with Crippen molar-refractivity contribution in [1.82, 2.24) is 9.97 Å². The normalized spacial score (nSPS) is 16.4. The number of nitrogens with one attached hydrogen (secondary N) is 3. The second-order valence-corrected chi connectivity index (χ2v) is 5.31. The zero-order valence-electron chi connectivity index (χ0n) is 12.2. The van der Waals surface area contributed by atoms with E-state index < -0.39 is 23.4 Å². The second kappa shape index (κ2) is 5.56. The molecule has 1 atom stereocenters. The highest BCUT2D eigenvalue weighted by Gasteiger charge is 2.34. The summed E-state index contributed by atoms with van der Waals surface area (Å²) in [6.07, 6.45) is -0.280. The maximum atomic E-state index is 12.2. The van der Waals surface area contributed by atoms with Gasteiger partial charge in [-0.25, -0.2) is 0 Å². The molecule has 118 valence electrons. The summed E-state index contributed by atoms with van der Waals surface area (Å²) in [5.74, 6) is -2.80. The minimum atomic E-state index is -1.23. The number of carbonyl (C=O) groups excluding carboxylic acids is 1. The zero-order valence-corrected chi connectivity index (χ0v) is 12.2. The third kappa shape index (κ3) is 2.91. The fourth-order valence-corrected chi connectivity index (χ4v) is 2.42. The Bertz CT molecular complexity index is 842. The number of anilines is 3. The molecule has 0 aliphatic carbocycles. The number of aromatic nitrogens is 2. The fraction of sp³-hybridized carbons (Fsp3) is 0.200. The first-order valence-electron chi connectivity index (χ1n) is 6.94. The monoisotopic (exact) mass is 314 g/mol. The van der Waals surface area contributed by atoms with Crippen LogP contribution in [-0.2, 0) is 9.59 Å². The summed E-state index contributed by atoms with van der Waals surface area (Å²) in [6, 6.07) is 7.41. The first kappa shape index (κ1) is 14.8. The number of fused-ring (bicyclic) bond motifs is 1. The van der Waals surface area contributed by atoms with E-state index in [2.05, 4.69) is 20.6 Å². The average molecular weight is 314 g/mol. The van der Waals surface area contributed by atoms with Crippen LogP contribution in [0, 0.1) is 6.92 Å². The predicted octanol–water partition coefficient (Wildman–Crippen LogP) is 1.33. The SMILES string of the molecule is Cc1ccc(Nc2nc3c(c(=O)[nH]2)C(C(=O)O)CC(=O)N3)cc1. The number of aromatic amines is 1. The molecule has 1 unspecified atom stereocenters. The Labute approximate surface area is 130 Å². The van der Waals surface area contributed by atoms with Crippen LogP contribution in [0.25, 0.3) is 0 Å². The van der Waals surface area contributed by atoms with Gasteiger partial charge in [-0.15, -0.1) is 0 Å². The summed E-state index contributed by atoms with van der Waals surface area (Å²) in [5.41, 5.74) is 1.16. The third-order valence-electron chi connectivity index (χ3n) is 3.56. The van der Waals surface area contributed by atoms with Gasteiger partial charge >= 0.3 is 5.97 Å². The van der Waals surface area contributed by atoms with Crippen molar-refractivity contribution >= 4 is 29.3 Å². The highest BCUT2D eigenvalue weighted by atomic mass is 16.4. The minimum absolute atomic E-state index is 0.0213. The molecule has 0 radical (unpaired) electrons. The van der Waals surface area contributed by atoms with Gasteiger partial charge in [-0.3, -0.25) is 19.4 Å². The van der Waals surface area contributed by atoms with Crippen LogP contribution >= 0.6 is 0 Å². The van der Waals surface area contributed by atoms with Gasteiger partial charge in [-0.05, 0) is 19.1 Å². The lowest BCUT2D eigenvalue weighted by Crippen LogP contribution is -2.34. The molecule has 0 fully saturated rings. The van der Waals surface area contributed by atoms with Gasteiger partial charge in [0.25, 0.3) is 5.56 Å². The Hall–Kier alpha value is -3.16. The topological polar surface area (TPSA) is 124 Å². The number of hydrogen-bond donors (Lipinski definition) is 4. The lowest BCUT2D eigenvalue weighted by Gasteiger charge is -2.21. The molecular formula is C15H14N4O4. The molecule has 8 nitrogen and oxygen atoms in total. The quantitative estimate of drug-likeness (QED) is 0.677. The molecule has 0 saturated carbocycles. The van der Waals surface area contributed by atoms with Crippen molar-refractivity contribution in [2.75, 3.05) is 10.6 Å². The van der Waals surface area contributed by atoms with Gasteiger partial charge in [0.2, 0.25) is 11.9 Å². The number of rotatable bonds is 3. The largest absolute Gasteiger partial charge is 0.481 e. The molecule has 1 aromatic carbocycles. The Morgan fingerprint density at radius 3 is 2.65 bits per heavy atom. The van der Waals surface area contributed by atoms with Crippen LogP contribution in [0.3, 0.4) is 0 Å². The lowest BCUT2D eigenvalue weighted by molar-refractivity contribution is -0.140. The number of carboxylic acids is 1. The van der Waals surface area contributed by atoms with E-state index >= 15 is 0 Å². The van der Waals surface area contributed by atoms with Crippen molar-refractivity contribution in [1.29, 1.82) is 0 Å². The Morgan fingerprint density at radius 1 is 1.30 bits per heavy atom. The van der Waals surface area contributed by atoms with E-state index in [1.807, 2.05) is 31.2 Å². The summed E-state index contributed by atoms with van der Waals surface area (Å²) in [7, 11) is 0. The summed E-state index contributed by atoms with van der Waals surface area (Å²) in [6.45, 7) is 1.95. The molecule has 1 aliphatic heterocycles. The smallest absolute Gasteiger partial charge is 0.311 e. The van der Waals surface area contributed by atoms with Crippen molar-refractivity contribution < 1.29 is 14.7 Å². The van der Waals surface area contributed by atoms with Gasteiger partial charge < -0.3 is 15.7 Å². The molecule has 1 amide bonds. The predicted molar refractivity (Wildman–Crippen MR) is 82.9 cm³/mol. The Morgan fingerprint density at radius 2 is 2.00 bits per heavy atom. The maximum absolute atomic E-state index is 12.2. The van der Waals surface area contributed by atoms with E-state index in [0.717, 1.165) is 5.56 Å². The number of benzene rings is 1. The molecule has 1 aliphatic rings. The van der Waals surface area contributed by atoms with Crippen LogP contribution < -0.4 is 16.2 Å². The molecule has 0 saturated heterocycles. The number of nitrogens with zero attached hydrogens (tertiary/aromatic N) is 1. The van der Waals surface area contributed by atoms with Crippen LogP contribution in [-0.4, -0.2) is 27.0 Å². The number of carboxylic acid groups (broad SMARTS) is 1. The summed E-state index contributed by atoms with van der Waals surface area (Å²) < 4.78 is 0. The molecule has 4 N–H and O–H groups in total. The van der Waals surface area contributed by atoms with Crippen LogP contribution in [0.2, 0.25) is 0 Å². The standard InChI is InChI=1S/C15H14N4O4/c1-7-2-4-8(5-3-7)16-15-18-12-11(13(21)19-15)9(14(22)23)6-10(20)17-12/h2-5,9H,6H2,1H3,(H,22,23)(H3,16,17,18,19,20,21). The highest BCUT2D eigenvalue weighted by Crippen LogP contribution is 2.28. The van der Waals surface area contributed by atoms with E-state index in [-0.39, 0.29) is 23.8 Å². The second-order valence-electron chi connectivity index (χ2n) is 5.31. The first-order valence-corrected chi connectivity index (χ1v) is 6.94. The summed E-state index contributed by atoms with van der Waals surface area (Å²) in [4.78, 5) is 41.7.